The monoisotopic (exact) mass is 550 g/mol. The van der Waals surface area contributed by atoms with Crippen LogP contribution in [0.5, 0.6) is 5.75 Å². The molecule has 0 aromatic heterocycles. The Balaban J connectivity index is 4.46. The van der Waals surface area contributed by atoms with Crippen LogP contribution in [0.25, 0.3) is 6.08 Å². The first-order valence-electron chi connectivity index (χ1n) is 8.14. The molecule has 0 saturated heterocycles. The van der Waals surface area contributed by atoms with Gasteiger partial charge in [-0.05, 0) is 17.7 Å². The third-order valence-corrected chi connectivity index (χ3v) is 4.07. The van der Waals surface area contributed by atoms with Gasteiger partial charge in [-0.25, -0.2) is 8.78 Å². The molecule has 1 rings (SSSR count). The maximum atomic E-state index is 14.5. The fraction of sp³-hybridized carbons (Fsp3) is 0.412. The van der Waals surface area contributed by atoms with Crippen LogP contribution >= 0.6 is 0 Å². The number of benzene rings is 1. The topological polar surface area (TPSA) is 9.23 Å². The number of halogens is 17. The molecule has 18 heteroatoms. The molecular formula is C17H7F17O. The molecule has 0 atom stereocenters. The van der Waals surface area contributed by atoms with Crippen molar-refractivity contribution in [2.75, 3.05) is 0 Å². The van der Waals surface area contributed by atoms with Crippen LogP contribution in [0.2, 0.25) is 0 Å². The van der Waals surface area contributed by atoms with Gasteiger partial charge in [0.1, 0.15) is 5.75 Å². The Morgan fingerprint density at radius 2 is 0.886 bits per heavy atom. The van der Waals surface area contributed by atoms with Crippen LogP contribution in [-0.4, -0.2) is 42.2 Å². The predicted molar refractivity (Wildman–Crippen MR) is 82.1 cm³/mol. The molecular weight excluding hydrogens is 543 g/mol. The summed E-state index contributed by atoms with van der Waals surface area (Å²) in [6.07, 6.45) is -38.4. The first-order chi connectivity index (χ1) is 15.3. The fourth-order valence-electron chi connectivity index (χ4n) is 2.48. The first-order valence-corrected chi connectivity index (χ1v) is 8.14. The van der Waals surface area contributed by atoms with Crippen LogP contribution in [0.3, 0.4) is 0 Å². The normalized spacial score (nSPS) is 14.5. The fourth-order valence-corrected chi connectivity index (χ4v) is 2.48. The van der Waals surface area contributed by atoms with Crippen molar-refractivity contribution in [3.8, 4) is 5.75 Å². The maximum Gasteiger partial charge on any atom is 0.449 e. The van der Waals surface area contributed by atoms with Gasteiger partial charge in [-0.15, -0.1) is 0 Å². The molecule has 1 nitrogen and oxygen atoms in total. The molecule has 0 radical (unpaired) electrons. The van der Waals surface area contributed by atoms with E-state index in [9.17, 15) is 74.6 Å². The van der Waals surface area contributed by atoms with Crippen LogP contribution in [0.15, 0.2) is 42.2 Å². The van der Waals surface area contributed by atoms with Crippen molar-refractivity contribution in [3.63, 3.8) is 0 Å². The van der Waals surface area contributed by atoms with E-state index in [-0.39, 0.29) is 17.7 Å². The minimum Gasteiger partial charge on any atom is -0.452 e. The largest absolute Gasteiger partial charge is 0.452 e. The van der Waals surface area contributed by atoms with Crippen molar-refractivity contribution in [3.05, 3.63) is 47.7 Å². The third-order valence-electron chi connectivity index (χ3n) is 4.07. The Morgan fingerprint density at radius 1 is 0.571 bits per heavy atom. The minimum atomic E-state index is -8.20. The number of hydrogen-bond acceptors (Lipinski definition) is 1. The predicted octanol–water partition coefficient (Wildman–Crippen LogP) is 8.19. The van der Waals surface area contributed by atoms with Gasteiger partial charge in [0.25, 0.3) is 0 Å². The Labute approximate surface area is 182 Å². The number of alkyl halides is 17. The van der Waals surface area contributed by atoms with Gasteiger partial charge in [0.05, 0.1) is 5.57 Å². The molecule has 1 aromatic carbocycles. The second-order valence-corrected chi connectivity index (χ2v) is 6.39. The van der Waals surface area contributed by atoms with Crippen molar-refractivity contribution >= 4 is 6.08 Å². The van der Waals surface area contributed by atoms with Crippen molar-refractivity contribution in [2.45, 2.75) is 42.2 Å². The highest BCUT2D eigenvalue weighted by Crippen LogP contribution is 2.63. The van der Waals surface area contributed by atoms with Gasteiger partial charge < -0.3 is 4.74 Å². The van der Waals surface area contributed by atoms with Gasteiger partial charge in [-0.2, -0.15) is 65.9 Å². The molecule has 1 aromatic rings. The van der Waals surface area contributed by atoms with E-state index in [2.05, 4.69) is 11.3 Å². The number of ether oxygens (including phenoxy) is 1. The van der Waals surface area contributed by atoms with Gasteiger partial charge in [0.2, 0.25) is 5.76 Å². The second kappa shape index (κ2) is 8.76. The van der Waals surface area contributed by atoms with Crippen LogP contribution in [0.1, 0.15) is 5.56 Å². The number of rotatable bonds is 5. The zero-order chi connectivity index (χ0) is 28.1. The quantitative estimate of drug-likeness (QED) is 0.266. The standard InChI is InChI=1S/C17H7F17O/c1-2-7-3-5-8(6-4-7)35-10(13(20,21)22)9(11(18,14(23,24)25)15(26,27)28)12(19,16(29,30)31)17(32,33)34/h2-6H,1H2. The molecule has 0 aliphatic rings. The van der Waals surface area contributed by atoms with E-state index in [1.54, 1.807) is 0 Å². The minimum absolute atomic E-state index is 0.0500. The van der Waals surface area contributed by atoms with E-state index in [1.807, 2.05) is 0 Å². The lowest BCUT2D eigenvalue weighted by atomic mass is 9.79. The lowest BCUT2D eigenvalue weighted by molar-refractivity contribution is -0.365. The molecule has 0 aliphatic heterocycles. The highest BCUT2D eigenvalue weighted by atomic mass is 19.4. The average molecular weight is 550 g/mol. The van der Waals surface area contributed by atoms with Crippen molar-refractivity contribution in [2.24, 2.45) is 0 Å². The molecule has 0 heterocycles. The highest BCUT2D eigenvalue weighted by molar-refractivity contribution is 5.49. The van der Waals surface area contributed by atoms with E-state index in [4.69, 9.17) is 0 Å². The van der Waals surface area contributed by atoms with Crippen molar-refractivity contribution < 1.29 is 79.4 Å². The molecule has 0 bridgehead atoms. The smallest absolute Gasteiger partial charge is 0.449 e. The van der Waals surface area contributed by atoms with Gasteiger partial charge in [-0.3, -0.25) is 0 Å². The summed E-state index contributed by atoms with van der Waals surface area (Å²) in [4.78, 5) is 0. The molecule has 0 unspecified atom stereocenters. The molecule has 0 amide bonds. The summed E-state index contributed by atoms with van der Waals surface area (Å²) in [7, 11) is 0. The summed E-state index contributed by atoms with van der Waals surface area (Å²) in [5.41, 5.74) is -22.0. The van der Waals surface area contributed by atoms with Gasteiger partial charge in [0.15, 0.2) is 0 Å². The molecule has 0 fully saturated rings. The van der Waals surface area contributed by atoms with Crippen molar-refractivity contribution in [1.29, 1.82) is 0 Å². The third kappa shape index (κ3) is 5.29. The average Bonchev–Trinajstić information content (AvgIpc) is 2.63. The molecule has 35 heavy (non-hydrogen) atoms. The van der Waals surface area contributed by atoms with E-state index in [1.165, 1.54) is 0 Å². The highest BCUT2D eigenvalue weighted by Gasteiger charge is 2.88. The Hall–Kier alpha value is -2.69. The SMILES string of the molecule is C=Cc1ccc(OC(=C(C(F)(C(F)(F)F)C(F)(F)F)C(F)(C(F)(F)F)C(F)(F)F)C(F)(F)F)cc1. The van der Waals surface area contributed by atoms with E-state index in [0.29, 0.717) is 12.1 Å². The zero-order valence-corrected chi connectivity index (χ0v) is 15.9. The summed E-state index contributed by atoms with van der Waals surface area (Å²) < 4.78 is 230. The summed E-state index contributed by atoms with van der Waals surface area (Å²) in [6, 6.07) is 1.70. The zero-order valence-electron chi connectivity index (χ0n) is 15.9. The van der Waals surface area contributed by atoms with E-state index in [0.717, 1.165) is 6.08 Å². The van der Waals surface area contributed by atoms with Gasteiger partial charge >= 0.3 is 42.2 Å². The lowest BCUT2D eigenvalue weighted by Gasteiger charge is -2.41. The van der Waals surface area contributed by atoms with Crippen LogP contribution in [-0.2, 0) is 0 Å². The van der Waals surface area contributed by atoms with Crippen LogP contribution in [0, 0.1) is 0 Å². The van der Waals surface area contributed by atoms with Gasteiger partial charge in [-0.1, -0.05) is 24.8 Å². The summed E-state index contributed by atoms with van der Waals surface area (Å²) in [5.74, 6) is -6.17. The van der Waals surface area contributed by atoms with Crippen LogP contribution < -0.4 is 4.74 Å². The Kier molecular flexibility index (Phi) is 7.59. The molecule has 0 aliphatic carbocycles. The summed E-state index contributed by atoms with van der Waals surface area (Å²) in [5, 5.41) is 0. The van der Waals surface area contributed by atoms with Crippen LogP contribution in [0.4, 0.5) is 74.6 Å². The lowest BCUT2D eigenvalue weighted by Crippen LogP contribution is -2.67. The van der Waals surface area contributed by atoms with E-state index < -0.39 is 59.3 Å². The van der Waals surface area contributed by atoms with Crippen molar-refractivity contribution in [1.82, 2.24) is 0 Å². The summed E-state index contributed by atoms with van der Waals surface area (Å²) >= 11 is 0. The van der Waals surface area contributed by atoms with Gasteiger partial charge in [0, 0.05) is 0 Å². The molecule has 200 valence electrons. The number of allylic oxidation sites excluding steroid dienone is 2. The molecule has 0 N–H and O–H groups in total. The second-order valence-electron chi connectivity index (χ2n) is 6.39. The Bertz CT molecular complexity index is 870. The molecule has 0 spiro atoms. The Morgan fingerprint density at radius 3 is 1.11 bits per heavy atom. The first kappa shape index (κ1) is 30.3. The van der Waals surface area contributed by atoms with E-state index >= 15 is 0 Å². The number of hydrogen-bond donors (Lipinski definition) is 0. The summed E-state index contributed by atoms with van der Waals surface area (Å²) in [6.45, 7) is 3.13. The molecule has 0 saturated carbocycles. The maximum absolute atomic E-state index is 14.5.